The summed E-state index contributed by atoms with van der Waals surface area (Å²) in [6, 6.07) is 7.60. The summed E-state index contributed by atoms with van der Waals surface area (Å²) < 4.78 is 16.2. The van der Waals surface area contributed by atoms with E-state index in [0.29, 0.717) is 30.5 Å². The number of benzene rings is 1. The van der Waals surface area contributed by atoms with Gasteiger partial charge in [0.2, 0.25) is 0 Å². The molecule has 1 aliphatic rings. The predicted molar refractivity (Wildman–Crippen MR) is 114 cm³/mol. The van der Waals surface area contributed by atoms with Gasteiger partial charge in [0.15, 0.2) is 17.7 Å². The fraction of sp³-hybridized carbons (Fsp3) is 0.450. The summed E-state index contributed by atoms with van der Waals surface area (Å²) in [7, 11) is 1.61. The molecule has 1 aromatic heterocycles. The molecule has 1 aliphatic heterocycles. The molecule has 0 aliphatic carbocycles. The van der Waals surface area contributed by atoms with Gasteiger partial charge in [0.05, 0.1) is 7.11 Å². The van der Waals surface area contributed by atoms with E-state index >= 15 is 0 Å². The molecule has 1 N–H and O–H groups in total. The minimum atomic E-state index is -1.16. The van der Waals surface area contributed by atoms with Crippen LogP contribution in [0.2, 0.25) is 5.15 Å². The minimum absolute atomic E-state index is 0.0731. The first-order valence-electron chi connectivity index (χ1n) is 9.45. The normalized spacial score (nSPS) is 18.0. The molecule has 30 heavy (non-hydrogen) atoms. The van der Waals surface area contributed by atoms with Crippen molar-refractivity contribution in [1.29, 1.82) is 0 Å². The lowest BCUT2D eigenvalue weighted by atomic mass is 10.1. The first-order valence-corrected chi connectivity index (χ1v) is 11.0. The second-order valence-electron chi connectivity index (χ2n) is 6.69. The Kier molecular flexibility index (Phi) is 7.76. The highest BCUT2D eigenvalue weighted by atomic mass is 35.5. The van der Waals surface area contributed by atoms with Crippen molar-refractivity contribution < 1.29 is 24.1 Å². The number of aromatic nitrogens is 2. The summed E-state index contributed by atoms with van der Waals surface area (Å²) in [5.74, 6) is -0.118. The van der Waals surface area contributed by atoms with E-state index in [1.165, 1.54) is 11.8 Å². The lowest BCUT2D eigenvalue weighted by molar-refractivity contribution is -0.377. The van der Waals surface area contributed by atoms with Crippen LogP contribution in [0, 0.1) is 0 Å². The molecule has 10 heteroatoms. The number of carbonyl (C=O) groups is 1. The molecule has 2 heterocycles. The molecule has 0 atom stereocenters. The first kappa shape index (κ1) is 22.6. The highest BCUT2D eigenvalue weighted by Gasteiger charge is 2.28. The highest BCUT2D eigenvalue weighted by Crippen LogP contribution is 2.29. The van der Waals surface area contributed by atoms with Gasteiger partial charge in [-0.1, -0.05) is 35.5 Å². The SMILES string of the molecule is COc1ccc(CN(CCCC2OC(C)O2)c2nc(SC)nc(Cl)c2C(=O)O)cc1. The van der Waals surface area contributed by atoms with Crippen LogP contribution < -0.4 is 9.64 Å². The molecule has 8 nitrogen and oxygen atoms in total. The third-order valence-electron chi connectivity index (χ3n) is 4.61. The molecule has 0 unspecified atom stereocenters. The van der Waals surface area contributed by atoms with Gasteiger partial charge in [-0.3, -0.25) is 0 Å². The van der Waals surface area contributed by atoms with E-state index in [-0.39, 0.29) is 23.3 Å². The van der Waals surface area contributed by atoms with Crippen molar-refractivity contribution in [3.63, 3.8) is 0 Å². The van der Waals surface area contributed by atoms with Crippen LogP contribution >= 0.6 is 23.4 Å². The standard InChI is InChI=1S/C20H24ClN3O5S/c1-12-28-15(29-12)5-4-10-24(11-13-6-8-14(27-2)9-7-13)18-16(19(25)26)17(21)22-20(23-18)30-3/h6-9,12,15H,4-5,10-11H2,1-3H3,(H,25,26). The Morgan fingerprint density at radius 3 is 2.57 bits per heavy atom. The van der Waals surface area contributed by atoms with Gasteiger partial charge in [-0.2, -0.15) is 0 Å². The highest BCUT2D eigenvalue weighted by molar-refractivity contribution is 7.98. The zero-order valence-electron chi connectivity index (χ0n) is 17.0. The van der Waals surface area contributed by atoms with Crippen molar-refractivity contribution in [3.05, 3.63) is 40.5 Å². The lowest BCUT2D eigenvalue weighted by Gasteiger charge is -2.34. The summed E-state index contributed by atoms with van der Waals surface area (Å²) in [5, 5.41) is 10.1. The summed E-state index contributed by atoms with van der Waals surface area (Å²) >= 11 is 7.50. The van der Waals surface area contributed by atoms with Crippen LogP contribution in [-0.4, -0.2) is 53.5 Å². The number of carboxylic acid groups (broad SMARTS) is 1. The van der Waals surface area contributed by atoms with Crippen LogP contribution in [0.15, 0.2) is 29.4 Å². The van der Waals surface area contributed by atoms with Crippen molar-refractivity contribution in [2.75, 3.05) is 24.8 Å². The zero-order chi connectivity index (χ0) is 21.7. The Morgan fingerprint density at radius 2 is 2.00 bits per heavy atom. The lowest BCUT2D eigenvalue weighted by Crippen LogP contribution is -2.39. The zero-order valence-corrected chi connectivity index (χ0v) is 18.6. The van der Waals surface area contributed by atoms with Gasteiger partial charge in [-0.05, 0) is 37.3 Å². The molecule has 3 rings (SSSR count). The van der Waals surface area contributed by atoms with Gasteiger partial charge < -0.3 is 24.2 Å². The number of carboxylic acids is 1. The Hall–Kier alpha value is -2.07. The molecule has 1 saturated heterocycles. The Morgan fingerprint density at radius 1 is 1.30 bits per heavy atom. The second-order valence-corrected chi connectivity index (χ2v) is 7.82. The number of aromatic carboxylic acids is 1. The molecule has 0 spiro atoms. The molecule has 162 valence electrons. The number of rotatable bonds is 10. The Bertz CT molecular complexity index is 877. The Labute approximate surface area is 184 Å². The smallest absolute Gasteiger partial charge is 0.342 e. The average Bonchev–Trinajstić information content (AvgIpc) is 2.71. The second kappa shape index (κ2) is 10.3. The van der Waals surface area contributed by atoms with Gasteiger partial charge in [-0.25, -0.2) is 14.8 Å². The number of anilines is 1. The maximum absolute atomic E-state index is 11.9. The van der Waals surface area contributed by atoms with Crippen LogP contribution in [0.1, 0.15) is 35.7 Å². The van der Waals surface area contributed by atoms with Gasteiger partial charge in [0.1, 0.15) is 22.3 Å². The molecule has 2 aromatic rings. The van der Waals surface area contributed by atoms with Crippen LogP contribution in [0.4, 0.5) is 5.82 Å². The van der Waals surface area contributed by atoms with Crippen molar-refractivity contribution in [2.45, 2.75) is 44.0 Å². The first-order chi connectivity index (χ1) is 14.4. The third kappa shape index (κ3) is 5.54. The summed E-state index contributed by atoms with van der Waals surface area (Å²) in [5.41, 5.74) is 0.880. The van der Waals surface area contributed by atoms with Crippen LogP contribution in [-0.2, 0) is 16.0 Å². The largest absolute Gasteiger partial charge is 0.497 e. The van der Waals surface area contributed by atoms with Crippen molar-refractivity contribution >= 4 is 35.1 Å². The summed E-state index contributed by atoms with van der Waals surface area (Å²) in [4.78, 5) is 22.4. The number of hydrogen-bond donors (Lipinski definition) is 1. The van der Waals surface area contributed by atoms with Crippen LogP contribution in [0.25, 0.3) is 0 Å². The number of thioether (sulfide) groups is 1. The number of hydrogen-bond acceptors (Lipinski definition) is 8. The van der Waals surface area contributed by atoms with E-state index in [2.05, 4.69) is 9.97 Å². The van der Waals surface area contributed by atoms with Gasteiger partial charge >= 0.3 is 5.97 Å². The number of methoxy groups -OCH3 is 1. The molecule has 0 amide bonds. The van der Waals surface area contributed by atoms with Gasteiger partial charge in [0, 0.05) is 19.5 Å². The average molecular weight is 454 g/mol. The Balaban J connectivity index is 1.87. The fourth-order valence-corrected chi connectivity index (χ4v) is 3.80. The van der Waals surface area contributed by atoms with Crippen LogP contribution in [0.5, 0.6) is 5.75 Å². The topological polar surface area (TPSA) is 94.0 Å². The number of halogens is 1. The maximum atomic E-state index is 11.9. The third-order valence-corrected chi connectivity index (χ3v) is 5.43. The van der Waals surface area contributed by atoms with E-state index < -0.39 is 5.97 Å². The monoisotopic (exact) mass is 453 g/mol. The summed E-state index contributed by atoms with van der Waals surface area (Å²) in [6.07, 6.45) is 2.84. The summed E-state index contributed by atoms with van der Waals surface area (Å²) in [6.45, 7) is 2.84. The minimum Gasteiger partial charge on any atom is -0.497 e. The van der Waals surface area contributed by atoms with Crippen molar-refractivity contribution in [2.24, 2.45) is 0 Å². The molecule has 1 aromatic carbocycles. The van der Waals surface area contributed by atoms with E-state index in [0.717, 1.165) is 17.7 Å². The molecular weight excluding hydrogens is 430 g/mol. The van der Waals surface area contributed by atoms with E-state index in [9.17, 15) is 9.90 Å². The van der Waals surface area contributed by atoms with Crippen LogP contribution in [0.3, 0.4) is 0 Å². The molecule has 0 radical (unpaired) electrons. The van der Waals surface area contributed by atoms with E-state index in [1.54, 1.807) is 7.11 Å². The van der Waals surface area contributed by atoms with Gasteiger partial charge in [0.25, 0.3) is 0 Å². The maximum Gasteiger partial charge on any atom is 0.342 e. The molecule has 1 fully saturated rings. The van der Waals surface area contributed by atoms with Gasteiger partial charge in [-0.15, -0.1) is 0 Å². The molecule has 0 saturated carbocycles. The van der Waals surface area contributed by atoms with Crippen molar-refractivity contribution in [3.8, 4) is 5.75 Å². The number of ether oxygens (including phenoxy) is 3. The van der Waals surface area contributed by atoms with E-state index in [4.69, 9.17) is 25.8 Å². The predicted octanol–water partition coefficient (Wildman–Crippen LogP) is 4.06. The molecule has 0 bridgehead atoms. The number of nitrogens with zero attached hydrogens (tertiary/aromatic N) is 3. The van der Waals surface area contributed by atoms with Crippen molar-refractivity contribution in [1.82, 2.24) is 9.97 Å². The van der Waals surface area contributed by atoms with E-state index in [1.807, 2.05) is 42.3 Å². The molecular formula is C20H24ClN3O5S. The quantitative estimate of drug-likeness (QED) is 0.324. The fourth-order valence-electron chi connectivity index (χ4n) is 3.14.